The molecule has 0 amide bonds. The van der Waals surface area contributed by atoms with Gasteiger partial charge < -0.3 is 0 Å². The number of aromatic nitrogens is 3. The van der Waals surface area contributed by atoms with Gasteiger partial charge >= 0.3 is 0 Å². The van der Waals surface area contributed by atoms with Crippen LogP contribution in [0.15, 0.2) is 48.8 Å². The Morgan fingerprint density at radius 3 is 2.86 bits per heavy atom. The zero-order valence-electron chi connectivity index (χ0n) is 11.4. The number of nitrogens with zero attached hydrogens (tertiary/aromatic N) is 3. The third kappa shape index (κ3) is 3.29. The average molecular weight is 393 g/mol. The van der Waals surface area contributed by atoms with Crippen LogP contribution in [0.25, 0.3) is 11.4 Å². The molecule has 0 spiro atoms. The van der Waals surface area contributed by atoms with Gasteiger partial charge in [0, 0.05) is 9.13 Å². The fourth-order valence-electron chi connectivity index (χ4n) is 2.12. The van der Waals surface area contributed by atoms with Crippen molar-refractivity contribution in [3.8, 4) is 11.4 Å². The fourth-order valence-corrected chi connectivity index (χ4v) is 2.66. The molecule has 0 radical (unpaired) electrons. The molecule has 0 saturated carbocycles. The van der Waals surface area contributed by atoms with Crippen molar-refractivity contribution in [3.63, 3.8) is 0 Å². The maximum absolute atomic E-state index is 13.3. The van der Waals surface area contributed by atoms with Crippen LogP contribution in [0.2, 0.25) is 0 Å². The maximum atomic E-state index is 13.3. The highest BCUT2D eigenvalue weighted by Crippen LogP contribution is 2.18. The largest absolute Gasteiger partial charge is 0.248 e. The third-order valence-electron chi connectivity index (χ3n) is 3.26. The van der Waals surface area contributed by atoms with E-state index >= 15 is 0 Å². The van der Waals surface area contributed by atoms with Crippen LogP contribution in [0.4, 0.5) is 4.39 Å². The van der Waals surface area contributed by atoms with Gasteiger partial charge in [0.1, 0.15) is 12.1 Å². The fraction of sp³-hybridized carbons (Fsp3) is 0.125. The molecule has 0 fully saturated rings. The minimum Gasteiger partial charge on any atom is -0.248 e. The van der Waals surface area contributed by atoms with E-state index in [0.717, 1.165) is 20.3 Å². The Balaban J connectivity index is 1.87. The van der Waals surface area contributed by atoms with Crippen LogP contribution in [0, 0.1) is 16.3 Å². The van der Waals surface area contributed by atoms with Gasteiger partial charge in [-0.05, 0) is 64.9 Å². The Labute approximate surface area is 136 Å². The molecule has 0 N–H and O–H groups in total. The molecule has 21 heavy (non-hydrogen) atoms. The normalized spacial score (nSPS) is 10.8. The highest BCUT2D eigenvalue weighted by molar-refractivity contribution is 14.1. The van der Waals surface area contributed by atoms with Crippen LogP contribution >= 0.6 is 22.6 Å². The summed E-state index contributed by atoms with van der Waals surface area (Å²) in [5, 5.41) is 4.47. The van der Waals surface area contributed by atoms with Crippen molar-refractivity contribution in [3.05, 3.63) is 69.3 Å². The standard InChI is InChI=1S/C16H13FIN3/c1-11-5-6-14(17)7-13(11)9-21-10-19-16(20-21)12-3-2-4-15(18)8-12/h2-8,10H,9H2,1H3. The van der Waals surface area contributed by atoms with Crippen LogP contribution in [0.3, 0.4) is 0 Å². The predicted octanol–water partition coefficient (Wildman–Crippen LogP) is 4.05. The van der Waals surface area contributed by atoms with Crippen molar-refractivity contribution in [2.75, 3.05) is 0 Å². The van der Waals surface area contributed by atoms with E-state index in [1.165, 1.54) is 6.07 Å². The lowest BCUT2D eigenvalue weighted by Gasteiger charge is -2.05. The Morgan fingerprint density at radius 2 is 2.05 bits per heavy atom. The number of benzene rings is 2. The first-order valence-corrected chi connectivity index (χ1v) is 7.60. The molecule has 106 valence electrons. The first kappa shape index (κ1) is 14.2. The number of aryl methyl sites for hydroxylation is 1. The number of halogens is 2. The van der Waals surface area contributed by atoms with Gasteiger partial charge in [-0.15, -0.1) is 0 Å². The lowest BCUT2D eigenvalue weighted by atomic mass is 10.1. The summed E-state index contributed by atoms with van der Waals surface area (Å²) in [5.41, 5.74) is 2.94. The summed E-state index contributed by atoms with van der Waals surface area (Å²) < 4.78 is 16.2. The molecule has 0 aliphatic heterocycles. The Morgan fingerprint density at radius 1 is 1.19 bits per heavy atom. The molecule has 1 heterocycles. The first-order valence-electron chi connectivity index (χ1n) is 6.52. The summed E-state index contributed by atoms with van der Waals surface area (Å²) in [4.78, 5) is 4.33. The summed E-state index contributed by atoms with van der Waals surface area (Å²) >= 11 is 2.26. The van der Waals surface area contributed by atoms with Gasteiger partial charge in [-0.25, -0.2) is 14.1 Å². The van der Waals surface area contributed by atoms with Crippen LogP contribution in [0.5, 0.6) is 0 Å². The van der Waals surface area contributed by atoms with Crippen molar-refractivity contribution in [1.82, 2.24) is 14.8 Å². The average Bonchev–Trinajstić information content (AvgIpc) is 2.91. The topological polar surface area (TPSA) is 30.7 Å². The molecule has 0 aliphatic carbocycles. The molecule has 0 saturated heterocycles. The van der Waals surface area contributed by atoms with E-state index in [0.29, 0.717) is 12.4 Å². The van der Waals surface area contributed by atoms with Gasteiger partial charge in [-0.1, -0.05) is 18.2 Å². The van der Waals surface area contributed by atoms with Crippen molar-refractivity contribution in [2.45, 2.75) is 13.5 Å². The summed E-state index contributed by atoms with van der Waals surface area (Å²) in [6, 6.07) is 12.8. The molecule has 3 aromatic rings. The molecule has 0 bridgehead atoms. The van der Waals surface area contributed by atoms with Gasteiger partial charge in [0.25, 0.3) is 0 Å². The third-order valence-corrected chi connectivity index (χ3v) is 3.93. The molecule has 0 aliphatic rings. The second-order valence-electron chi connectivity index (χ2n) is 4.85. The number of rotatable bonds is 3. The molecule has 1 aromatic heterocycles. The van der Waals surface area contributed by atoms with Crippen LogP contribution in [-0.4, -0.2) is 14.8 Å². The Bertz CT molecular complexity index is 783. The Hall–Kier alpha value is -1.76. The molecule has 3 rings (SSSR count). The van der Waals surface area contributed by atoms with Crippen LogP contribution < -0.4 is 0 Å². The molecule has 0 unspecified atom stereocenters. The Kier molecular flexibility index (Phi) is 4.01. The van der Waals surface area contributed by atoms with Gasteiger partial charge in [0.2, 0.25) is 0 Å². The van der Waals surface area contributed by atoms with Crippen molar-refractivity contribution >= 4 is 22.6 Å². The second kappa shape index (κ2) is 5.93. The molecule has 0 atom stereocenters. The molecule has 3 nitrogen and oxygen atoms in total. The van der Waals surface area contributed by atoms with E-state index in [9.17, 15) is 4.39 Å². The van der Waals surface area contributed by atoms with Crippen molar-refractivity contribution in [2.24, 2.45) is 0 Å². The predicted molar refractivity (Wildman–Crippen MR) is 88.4 cm³/mol. The number of hydrogen-bond donors (Lipinski definition) is 0. The van der Waals surface area contributed by atoms with E-state index in [2.05, 4.69) is 32.7 Å². The minimum absolute atomic E-state index is 0.228. The zero-order valence-corrected chi connectivity index (χ0v) is 13.6. The summed E-state index contributed by atoms with van der Waals surface area (Å²) in [6.45, 7) is 2.48. The number of hydrogen-bond acceptors (Lipinski definition) is 2. The summed E-state index contributed by atoms with van der Waals surface area (Å²) in [7, 11) is 0. The monoisotopic (exact) mass is 393 g/mol. The highest BCUT2D eigenvalue weighted by Gasteiger charge is 2.07. The minimum atomic E-state index is -0.228. The maximum Gasteiger partial charge on any atom is 0.181 e. The summed E-state index contributed by atoms with van der Waals surface area (Å²) in [5.74, 6) is 0.455. The van der Waals surface area contributed by atoms with Crippen molar-refractivity contribution in [1.29, 1.82) is 0 Å². The van der Waals surface area contributed by atoms with Crippen LogP contribution in [-0.2, 0) is 6.54 Å². The van der Waals surface area contributed by atoms with Crippen molar-refractivity contribution < 1.29 is 4.39 Å². The van der Waals surface area contributed by atoms with Crippen LogP contribution in [0.1, 0.15) is 11.1 Å². The molecular weight excluding hydrogens is 380 g/mol. The van der Waals surface area contributed by atoms with E-state index < -0.39 is 0 Å². The zero-order chi connectivity index (χ0) is 14.8. The molecule has 2 aromatic carbocycles. The van der Waals surface area contributed by atoms with Gasteiger partial charge in [0.05, 0.1) is 6.54 Å². The molecule has 5 heteroatoms. The van der Waals surface area contributed by atoms with E-state index in [1.807, 2.05) is 31.2 Å². The van der Waals surface area contributed by atoms with E-state index in [-0.39, 0.29) is 5.82 Å². The lowest BCUT2D eigenvalue weighted by Crippen LogP contribution is -2.02. The van der Waals surface area contributed by atoms with Gasteiger partial charge in [0.15, 0.2) is 5.82 Å². The van der Waals surface area contributed by atoms with Gasteiger partial charge in [-0.2, -0.15) is 5.10 Å². The quantitative estimate of drug-likeness (QED) is 0.629. The van der Waals surface area contributed by atoms with E-state index in [4.69, 9.17) is 0 Å². The van der Waals surface area contributed by atoms with Gasteiger partial charge in [-0.3, -0.25) is 0 Å². The van der Waals surface area contributed by atoms with E-state index in [1.54, 1.807) is 23.1 Å². The first-order chi connectivity index (χ1) is 10.1. The highest BCUT2D eigenvalue weighted by atomic mass is 127. The SMILES string of the molecule is Cc1ccc(F)cc1Cn1cnc(-c2cccc(I)c2)n1. The second-order valence-corrected chi connectivity index (χ2v) is 6.09. The summed E-state index contributed by atoms with van der Waals surface area (Å²) in [6.07, 6.45) is 1.68. The lowest BCUT2D eigenvalue weighted by molar-refractivity contribution is 0.618. The smallest absolute Gasteiger partial charge is 0.181 e. The molecular formula is C16H13FIN3.